The monoisotopic (exact) mass is 263 g/mol. The third-order valence-corrected chi connectivity index (χ3v) is 3.76. The third-order valence-electron chi connectivity index (χ3n) is 3.76. The Kier molecular flexibility index (Phi) is 3.97. The van der Waals surface area contributed by atoms with Crippen LogP contribution in [0.5, 0.6) is 0 Å². The third kappa shape index (κ3) is 3.17. The molecule has 4 heteroatoms. The predicted molar refractivity (Wildman–Crippen MR) is 75.6 cm³/mol. The molecule has 1 aromatic heterocycles. The van der Waals surface area contributed by atoms with Gasteiger partial charge in [-0.15, -0.1) is 0 Å². The molecule has 2 rings (SSSR count). The van der Waals surface area contributed by atoms with Crippen LogP contribution in [0.4, 0.5) is 0 Å². The van der Waals surface area contributed by atoms with Crippen molar-refractivity contribution >= 4 is 5.91 Å². The van der Waals surface area contributed by atoms with E-state index in [1.165, 1.54) is 18.4 Å². The van der Waals surface area contributed by atoms with E-state index in [4.69, 9.17) is 0 Å². The Morgan fingerprint density at radius 3 is 2.63 bits per heavy atom. The van der Waals surface area contributed by atoms with Crippen molar-refractivity contribution in [2.45, 2.75) is 52.5 Å². The highest BCUT2D eigenvalue weighted by Gasteiger charge is 2.33. The van der Waals surface area contributed by atoms with Gasteiger partial charge in [0.1, 0.15) is 0 Å². The van der Waals surface area contributed by atoms with Crippen LogP contribution < -0.4 is 0 Å². The molecule has 1 fully saturated rings. The van der Waals surface area contributed by atoms with E-state index in [2.05, 4.69) is 10.00 Å². The number of hydrogen-bond donors (Lipinski definition) is 0. The number of likely N-dealkylation sites (tertiary alicyclic amines) is 1. The van der Waals surface area contributed by atoms with Crippen molar-refractivity contribution in [1.82, 2.24) is 14.7 Å². The number of hydrogen-bond acceptors (Lipinski definition) is 2. The zero-order valence-electron chi connectivity index (χ0n) is 12.5. The lowest BCUT2D eigenvalue weighted by Crippen LogP contribution is -2.41. The molecule has 1 aliphatic rings. The molecule has 1 atom stereocenters. The number of aromatic nitrogens is 2. The molecular weight excluding hydrogens is 238 g/mol. The molecule has 19 heavy (non-hydrogen) atoms. The Morgan fingerprint density at radius 2 is 2.05 bits per heavy atom. The summed E-state index contributed by atoms with van der Waals surface area (Å²) in [5.41, 5.74) is 0.854. The van der Waals surface area contributed by atoms with Crippen molar-refractivity contribution in [3.05, 3.63) is 18.0 Å². The Balaban J connectivity index is 2.28. The van der Waals surface area contributed by atoms with Crippen LogP contribution in [-0.2, 0) is 11.8 Å². The molecule has 0 spiro atoms. The number of carbonyl (C=O) groups is 1. The second-order valence-electron chi connectivity index (χ2n) is 6.56. The van der Waals surface area contributed by atoms with Crippen molar-refractivity contribution < 1.29 is 4.79 Å². The molecule has 1 saturated heterocycles. The lowest BCUT2D eigenvalue weighted by Gasteiger charge is -2.34. The molecule has 1 aliphatic heterocycles. The van der Waals surface area contributed by atoms with Gasteiger partial charge in [0, 0.05) is 30.8 Å². The number of amides is 1. The van der Waals surface area contributed by atoms with Crippen LogP contribution in [0.1, 0.15) is 58.1 Å². The molecule has 2 heterocycles. The van der Waals surface area contributed by atoms with Crippen LogP contribution in [0.25, 0.3) is 0 Å². The number of rotatable bonds is 1. The van der Waals surface area contributed by atoms with E-state index in [0.29, 0.717) is 0 Å². The highest BCUT2D eigenvalue weighted by Crippen LogP contribution is 2.33. The summed E-state index contributed by atoms with van der Waals surface area (Å²) in [6.07, 6.45) is 8.50. The molecule has 4 nitrogen and oxygen atoms in total. The van der Waals surface area contributed by atoms with Crippen LogP contribution in [0, 0.1) is 5.41 Å². The minimum Gasteiger partial charge on any atom is -0.335 e. The Bertz CT molecular complexity index is 444. The maximum Gasteiger partial charge on any atom is 0.228 e. The molecule has 0 aliphatic carbocycles. The summed E-state index contributed by atoms with van der Waals surface area (Å²) in [7, 11) is 1.93. The normalized spacial score (nSPS) is 21.3. The summed E-state index contributed by atoms with van der Waals surface area (Å²) in [6, 6.07) is 0.197. The summed E-state index contributed by atoms with van der Waals surface area (Å²) in [5, 5.41) is 4.26. The zero-order valence-corrected chi connectivity index (χ0v) is 12.5. The SMILES string of the molecule is Cn1cc(C2CCCCCN2C(=O)C(C)(C)C)cn1. The van der Waals surface area contributed by atoms with E-state index >= 15 is 0 Å². The average Bonchev–Trinajstić information content (AvgIpc) is 2.62. The van der Waals surface area contributed by atoms with Crippen LogP contribution in [0.2, 0.25) is 0 Å². The second-order valence-corrected chi connectivity index (χ2v) is 6.56. The maximum atomic E-state index is 12.7. The molecule has 1 unspecified atom stereocenters. The topological polar surface area (TPSA) is 38.1 Å². The molecule has 1 aromatic rings. The molecule has 106 valence electrons. The summed E-state index contributed by atoms with van der Waals surface area (Å²) in [4.78, 5) is 14.7. The fourth-order valence-electron chi connectivity index (χ4n) is 2.74. The van der Waals surface area contributed by atoms with Gasteiger partial charge in [-0.3, -0.25) is 9.48 Å². The molecular formula is C15H25N3O. The molecule has 0 aromatic carbocycles. The Hall–Kier alpha value is -1.32. The van der Waals surface area contributed by atoms with Gasteiger partial charge in [-0.1, -0.05) is 33.6 Å². The first-order valence-electron chi connectivity index (χ1n) is 7.19. The lowest BCUT2D eigenvalue weighted by molar-refractivity contribution is -0.142. The molecule has 0 radical (unpaired) electrons. The highest BCUT2D eigenvalue weighted by molar-refractivity contribution is 5.82. The summed E-state index contributed by atoms with van der Waals surface area (Å²) >= 11 is 0. The fraction of sp³-hybridized carbons (Fsp3) is 0.733. The summed E-state index contributed by atoms with van der Waals surface area (Å²) in [5.74, 6) is 0.253. The smallest absolute Gasteiger partial charge is 0.228 e. The largest absolute Gasteiger partial charge is 0.335 e. The van der Waals surface area contributed by atoms with Gasteiger partial charge in [-0.05, 0) is 12.8 Å². The molecule has 0 bridgehead atoms. The molecule has 0 saturated carbocycles. The Labute approximate surface area is 115 Å². The van der Waals surface area contributed by atoms with E-state index in [9.17, 15) is 4.79 Å². The van der Waals surface area contributed by atoms with Gasteiger partial charge in [-0.25, -0.2) is 0 Å². The summed E-state index contributed by atoms with van der Waals surface area (Å²) < 4.78 is 1.82. The minimum absolute atomic E-state index is 0.197. The van der Waals surface area contributed by atoms with Crippen molar-refractivity contribution in [3.8, 4) is 0 Å². The first kappa shape index (κ1) is 14.1. The Morgan fingerprint density at radius 1 is 1.32 bits per heavy atom. The van der Waals surface area contributed by atoms with Gasteiger partial charge >= 0.3 is 0 Å². The predicted octanol–water partition coefficient (Wildman–Crippen LogP) is 2.91. The molecule has 0 N–H and O–H groups in total. The van der Waals surface area contributed by atoms with Gasteiger partial charge in [0.25, 0.3) is 0 Å². The van der Waals surface area contributed by atoms with Crippen molar-refractivity contribution in [2.24, 2.45) is 12.5 Å². The number of carbonyl (C=O) groups excluding carboxylic acids is 1. The van der Waals surface area contributed by atoms with E-state index in [0.717, 1.165) is 19.4 Å². The van der Waals surface area contributed by atoms with Crippen LogP contribution in [0.3, 0.4) is 0 Å². The standard InChI is InChI=1S/C15H25N3O/c1-15(2,3)14(19)18-9-7-5-6-8-13(18)12-10-16-17(4)11-12/h10-11,13H,5-9H2,1-4H3. The summed E-state index contributed by atoms with van der Waals surface area (Å²) in [6.45, 7) is 6.87. The number of aryl methyl sites for hydroxylation is 1. The van der Waals surface area contributed by atoms with Gasteiger partial charge in [0.05, 0.1) is 12.2 Å². The molecule has 1 amide bonds. The van der Waals surface area contributed by atoms with Crippen LogP contribution in [0.15, 0.2) is 12.4 Å². The van der Waals surface area contributed by atoms with Crippen molar-refractivity contribution in [1.29, 1.82) is 0 Å². The lowest BCUT2D eigenvalue weighted by atomic mass is 9.92. The van der Waals surface area contributed by atoms with Crippen molar-refractivity contribution in [2.75, 3.05) is 6.54 Å². The first-order chi connectivity index (χ1) is 8.89. The van der Waals surface area contributed by atoms with Gasteiger partial charge in [0.2, 0.25) is 5.91 Å². The van der Waals surface area contributed by atoms with E-state index < -0.39 is 0 Å². The first-order valence-corrected chi connectivity index (χ1v) is 7.19. The van der Waals surface area contributed by atoms with Gasteiger partial charge < -0.3 is 4.90 Å². The van der Waals surface area contributed by atoms with Crippen LogP contribution in [-0.4, -0.2) is 27.1 Å². The zero-order chi connectivity index (χ0) is 14.0. The number of nitrogens with zero attached hydrogens (tertiary/aromatic N) is 3. The van der Waals surface area contributed by atoms with E-state index in [1.807, 2.05) is 44.9 Å². The van der Waals surface area contributed by atoms with E-state index in [-0.39, 0.29) is 17.4 Å². The fourth-order valence-corrected chi connectivity index (χ4v) is 2.74. The van der Waals surface area contributed by atoms with E-state index in [1.54, 1.807) is 0 Å². The van der Waals surface area contributed by atoms with Gasteiger partial charge in [-0.2, -0.15) is 5.10 Å². The average molecular weight is 263 g/mol. The highest BCUT2D eigenvalue weighted by atomic mass is 16.2. The van der Waals surface area contributed by atoms with Crippen molar-refractivity contribution in [3.63, 3.8) is 0 Å². The quantitative estimate of drug-likeness (QED) is 0.781. The maximum absolute atomic E-state index is 12.7. The minimum atomic E-state index is -0.315. The van der Waals surface area contributed by atoms with Gasteiger partial charge in [0.15, 0.2) is 0 Å². The second kappa shape index (κ2) is 5.35. The van der Waals surface area contributed by atoms with Crippen LogP contribution >= 0.6 is 0 Å².